The highest BCUT2D eigenvalue weighted by molar-refractivity contribution is 7.09. The summed E-state index contributed by atoms with van der Waals surface area (Å²) in [6.45, 7) is 4.69. The second-order valence-electron chi connectivity index (χ2n) is 4.39. The highest BCUT2D eigenvalue weighted by Crippen LogP contribution is 2.22. The molecular formula is C14H17NO2S. The average Bonchev–Trinajstić information content (AvgIpc) is 2.85. The molecule has 2 rings (SSSR count). The van der Waals surface area contributed by atoms with E-state index in [1.807, 2.05) is 29.6 Å². The normalized spacial score (nSPS) is 10.9. The van der Waals surface area contributed by atoms with Gasteiger partial charge in [0.15, 0.2) is 0 Å². The van der Waals surface area contributed by atoms with Gasteiger partial charge < -0.3 is 9.84 Å². The lowest BCUT2D eigenvalue weighted by molar-refractivity contribution is 0.257. The van der Waals surface area contributed by atoms with Gasteiger partial charge >= 0.3 is 0 Å². The van der Waals surface area contributed by atoms with Crippen LogP contribution in [0.4, 0.5) is 0 Å². The Bertz CT molecular complexity index is 508. The van der Waals surface area contributed by atoms with E-state index in [1.165, 1.54) is 0 Å². The Balaban J connectivity index is 2.02. The van der Waals surface area contributed by atoms with Crippen LogP contribution in [0.15, 0.2) is 29.6 Å². The summed E-state index contributed by atoms with van der Waals surface area (Å²) in [5.74, 6) is 1.17. The molecule has 0 amide bonds. The molecule has 4 heteroatoms. The number of para-hydroxylation sites is 1. The zero-order chi connectivity index (χ0) is 13.0. The van der Waals surface area contributed by atoms with E-state index in [0.29, 0.717) is 12.5 Å². The van der Waals surface area contributed by atoms with Crippen molar-refractivity contribution in [1.82, 2.24) is 4.98 Å². The molecule has 0 spiro atoms. The Morgan fingerprint density at radius 1 is 1.33 bits per heavy atom. The van der Waals surface area contributed by atoms with Gasteiger partial charge in [-0.25, -0.2) is 4.98 Å². The van der Waals surface area contributed by atoms with Crippen molar-refractivity contribution in [3.05, 3.63) is 45.9 Å². The van der Waals surface area contributed by atoms with E-state index < -0.39 is 0 Å². The molecule has 1 heterocycles. The highest BCUT2D eigenvalue weighted by Gasteiger charge is 2.07. The molecule has 0 fully saturated rings. The summed E-state index contributed by atoms with van der Waals surface area (Å²) in [5, 5.41) is 12.4. The van der Waals surface area contributed by atoms with Gasteiger partial charge in [0.2, 0.25) is 0 Å². The second kappa shape index (κ2) is 5.98. The number of ether oxygens (including phenoxy) is 1. The van der Waals surface area contributed by atoms with E-state index >= 15 is 0 Å². The number of aromatic nitrogens is 1. The first kappa shape index (κ1) is 13.1. The third-order valence-corrected chi connectivity index (χ3v) is 3.78. The Morgan fingerprint density at radius 2 is 2.11 bits per heavy atom. The highest BCUT2D eigenvalue weighted by atomic mass is 32.1. The Morgan fingerprint density at radius 3 is 2.78 bits per heavy atom. The topological polar surface area (TPSA) is 42.4 Å². The van der Waals surface area contributed by atoms with Crippen LogP contribution in [0.5, 0.6) is 5.75 Å². The molecule has 1 N–H and O–H groups in total. The van der Waals surface area contributed by atoms with E-state index in [2.05, 4.69) is 18.8 Å². The van der Waals surface area contributed by atoms with Crippen molar-refractivity contribution in [3.8, 4) is 5.75 Å². The molecule has 0 aliphatic carbocycles. The zero-order valence-corrected chi connectivity index (χ0v) is 11.4. The molecule has 0 aliphatic rings. The standard InChI is InChI=1S/C14H17NO2S/c1-10(2)14-15-12(9-18-14)8-17-13-6-4-3-5-11(13)7-16/h3-6,9-10,16H,7-8H2,1-2H3. The molecule has 18 heavy (non-hydrogen) atoms. The Labute approximate surface area is 111 Å². The van der Waals surface area contributed by atoms with Crippen LogP contribution in [0.2, 0.25) is 0 Å². The van der Waals surface area contributed by atoms with Crippen LogP contribution >= 0.6 is 11.3 Å². The molecule has 2 aromatic rings. The van der Waals surface area contributed by atoms with Gasteiger partial charge in [-0.2, -0.15) is 0 Å². The predicted octanol–water partition coefficient (Wildman–Crippen LogP) is 3.34. The number of benzene rings is 1. The summed E-state index contributed by atoms with van der Waals surface area (Å²) < 4.78 is 5.69. The van der Waals surface area contributed by atoms with Crippen LogP contribution in [-0.2, 0) is 13.2 Å². The maximum Gasteiger partial charge on any atom is 0.131 e. The fraction of sp³-hybridized carbons (Fsp3) is 0.357. The fourth-order valence-electron chi connectivity index (χ4n) is 1.58. The van der Waals surface area contributed by atoms with Crippen molar-refractivity contribution in [1.29, 1.82) is 0 Å². The summed E-state index contributed by atoms with van der Waals surface area (Å²) in [6.07, 6.45) is 0. The van der Waals surface area contributed by atoms with Gasteiger partial charge in [-0.1, -0.05) is 32.0 Å². The van der Waals surface area contributed by atoms with Crippen LogP contribution in [0, 0.1) is 0 Å². The number of aliphatic hydroxyl groups is 1. The van der Waals surface area contributed by atoms with E-state index in [-0.39, 0.29) is 6.61 Å². The van der Waals surface area contributed by atoms with Crippen molar-refractivity contribution >= 4 is 11.3 Å². The minimum atomic E-state index is -0.00944. The van der Waals surface area contributed by atoms with Crippen molar-refractivity contribution in [2.75, 3.05) is 0 Å². The third kappa shape index (κ3) is 3.09. The molecule has 0 saturated heterocycles. The quantitative estimate of drug-likeness (QED) is 0.899. The molecule has 3 nitrogen and oxygen atoms in total. The van der Waals surface area contributed by atoms with E-state index in [4.69, 9.17) is 4.74 Å². The number of hydrogen-bond acceptors (Lipinski definition) is 4. The molecule has 0 atom stereocenters. The van der Waals surface area contributed by atoms with E-state index in [1.54, 1.807) is 11.3 Å². The zero-order valence-electron chi connectivity index (χ0n) is 10.6. The summed E-state index contributed by atoms with van der Waals surface area (Å²) in [7, 11) is 0. The minimum Gasteiger partial charge on any atom is -0.487 e. The first-order valence-electron chi connectivity index (χ1n) is 5.96. The smallest absolute Gasteiger partial charge is 0.131 e. The summed E-state index contributed by atoms with van der Waals surface area (Å²) in [5.41, 5.74) is 1.74. The maximum absolute atomic E-state index is 9.20. The Hall–Kier alpha value is -1.39. The molecule has 0 radical (unpaired) electrons. The van der Waals surface area contributed by atoms with Crippen molar-refractivity contribution in [3.63, 3.8) is 0 Å². The van der Waals surface area contributed by atoms with Crippen molar-refractivity contribution in [2.45, 2.75) is 33.0 Å². The second-order valence-corrected chi connectivity index (χ2v) is 5.28. The SMILES string of the molecule is CC(C)c1nc(COc2ccccc2CO)cs1. The number of aliphatic hydroxyl groups excluding tert-OH is 1. The molecule has 0 bridgehead atoms. The van der Waals surface area contributed by atoms with Gasteiger partial charge in [0.1, 0.15) is 12.4 Å². The Kier molecular flexibility index (Phi) is 4.33. The molecule has 1 aromatic heterocycles. The van der Waals surface area contributed by atoms with Crippen molar-refractivity contribution in [2.24, 2.45) is 0 Å². The summed E-state index contributed by atoms with van der Waals surface area (Å²) in [4.78, 5) is 4.51. The molecule has 0 aliphatic heterocycles. The molecule has 0 saturated carbocycles. The van der Waals surface area contributed by atoms with Gasteiger partial charge in [-0.05, 0) is 6.07 Å². The minimum absolute atomic E-state index is 0.00944. The first-order chi connectivity index (χ1) is 8.70. The third-order valence-electron chi connectivity index (χ3n) is 2.58. The fourth-order valence-corrected chi connectivity index (χ4v) is 2.40. The average molecular weight is 263 g/mol. The van der Waals surface area contributed by atoms with Crippen molar-refractivity contribution < 1.29 is 9.84 Å². The van der Waals surface area contributed by atoms with E-state index in [0.717, 1.165) is 22.0 Å². The van der Waals surface area contributed by atoms with Crippen LogP contribution in [-0.4, -0.2) is 10.1 Å². The van der Waals surface area contributed by atoms with Crippen LogP contribution in [0.3, 0.4) is 0 Å². The van der Waals surface area contributed by atoms with Gasteiger partial charge in [0, 0.05) is 16.9 Å². The lowest BCUT2D eigenvalue weighted by atomic mass is 10.2. The molecular weight excluding hydrogens is 246 g/mol. The molecule has 0 unspecified atom stereocenters. The number of nitrogens with zero attached hydrogens (tertiary/aromatic N) is 1. The predicted molar refractivity (Wildman–Crippen MR) is 72.9 cm³/mol. The van der Waals surface area contributed by atoms with Gasteiger partial charge in [0.25, 0.3) is 0 Å². The van der Waals surface area contributed by atoms with E-state index in [9.17, 15) is 5.11 Å². The van der Waals surface area contributed by atoms with Gasteiger partial charge in [-0.3, -0.25) is 0 Å². The molecule has 96 valence electrons. The van der Waals surface area contributed by atoms with Crippen LogP contribution in [0.25, 0.3) is 0 Å². The largest absolute Gasteiger partial charge is 0.487 e. The maximum atomic E-state index is 9.20. The summed E-state index contributed by atoms with van der Waals surface area (Å²) in [6, 6.07) is 7.50. The number of thiazole rings is 1. The molecule has 1 aromatic carbocycles. The van der Waals surface area contributed by atoms with Gasteiger partial charge in [0.05, 0.1) is 17.3 Å². The summed E-state index contributed by atoms with van der Waals surface area (Å²) >= 11 is 1.66. The first-order valence-corrected chi connectivity index (χ1v) is 6.84. The monoisotopic (exact) mass is 263 g/mol. The lowest BCUT2D eigenvalue weighted by Gasteiger charge is -2.08. The van der Waals surface area contributed by atoms with Gasteiger partial charge in [-0.15, -0.1) is 11.3 Å². The van der Waals surface area contributed by atoms with Crippen LogP contribution in [0.1, 0.15) is 36.0 Å². The lowest BCUT2D eigenvalue weighted by Crippen LogP contribution is -1.99. The number of rotatable bonds is 5. The number of hydrogen-bond donors (Lipinski definition) is 1. The van der Waals surface area contributed by atoms with Crippen LogP contribution < -0.4 is 4.74 Å².